The zero-order chi connectivity index (χ0) is 20.5. The van der Waals surface area contributed by atoms with E-state index in [4.69, 9.17) is 5.26 Å². The lowest BCUT2D eigenvalue weighted by molar-refractivity contribution is -0.127. The molecule has 2 aromatic carbocycles. The third-order valence-corrected chi connectivity index (χ3v) is 5.11. The fraction of sp³-hybridized carbons (Fsp3) is 0.348. The van der Waals surface area contributed by atoms with E-state index < -0.39 is 0 Å². The highest BCUT2D eigenvalue weighted by Gasteiger charge is 2.29. The van der Waals surface area contributed by atoms with Gasteiger partial charge in [0.15, 0.2) is 5.96 Å². The molecule has 1 heterocycles. The van der Waals surface area contributed by atoms with Crippen LogP contribution in [0.25, 0.3) is 0 Å². The summed E-state index contributed by atoms with van der Waals surface area (Å²) in [6.45, 7) is 2.83. The molecule has 0 aromatic heterocycles. The molecule has 0 radical (unpaired) electrons. The van der Waals surface area contributed by atoms with Gasteiger partial charge in [-0.3, -0.25) is 9.79 Å². The highest BCUT2D eigenvalue weighted by Crippen LogP contribution is 2.17. The summed E-state index contributed by atoms with van der Waals surface area (Å²) >= 11 is 0. The summed E-state index contributed by atoms with van der Waals surface area (Å²) in [7, 11) is 1.73. The summed E-state index contributed by atoms with van der Waals surface area (Å²) in [4.78, 5) is 18.5. The molecule has 1 aliphatic rings. The predicted molar refractivity (Wildman–Crippen MR) is 114 cm³/mol. The Labute approximate surface area is 172 Å². The zero-order valence-electron chi connectivity index (χ0n) is 16.8. The summed E-state index contributed by atoms with van der Waals surface area (Å²) in [6, 6.07) is 19.9. The molecule has 1 amide bonds. The predicted octanol–water partition coefficient (Wildman–Crippen LogP) is 2.31. The Balaban J connectivity index is 1.42. The number of nitrogens with zero attached hydrogens (tertiary/aromatic N) is 3. The van der Waals surface area contributed by atoms with E-state index in [9.17, 15) is 4.79 Å². The normalized spacial score (nSPS) is 16.6. The Hall–Kier alpha value is -3.33. The molecule has 150 valence electrons. The summed E-state index contributed by atoms with van der Waals surface area (Å²) < 4.78 is 0. The average Bonchev–Trinajstić information content (AvgIpc) is 3.12. The molecule has 3 rings (SSSR count). The minimum absolute atomic E-state index is 0.226. The first-order chi connectivity index (χ1) is 14.2. The van der Waals surface area contributed by atoms with Gasteiger partial charge in [-0.15, -0.1) is 0 Å². The largest absolute Gasteiger partial charge is 0.356 e. The van der Waals surface area contributed by atoms with Gasteiger partial charge in [-0.1, -0.05) is 42.5 Å². The van der Waals surface area contributed by atoms with Crippen molar-refractivity contribution >= 4 is 11.9 Å². The number of carbonyl (C=O) groups is 1. The van der Waals surface area contributed by atoms with Gasteiger partial charge in [0.05, 0.1) is 11.6 Å². The molecule has 29 heavy (non-hydrogen) atoms. The van der Waals surface area contributed by atoms with Crippen LogP contribution in [-0.4, -0.2) is 43.4 Å². The maximum absolute atomic E-state index is 12.3. The molecule has 0 bridgehead atoms. The van der Waals surface area contributed by atoms with Crippen LogP contribution in [0.2, 0.25) is 0 Å². The summed E-state index contributed by atoms with van der Waals surface area (Å²) in [5.74, 6) is 1.20. The SMILES string of the molecule is CN=C(NCc1cccc(C#N)c1)NCC1CC(=O)N(CCc2ccccc2)C1. The highest BCUT2D eigenvalue weighted by atomic mass is 16.2. The van der Waals surface area contributed by atoms with E-state index in [2.05, 4.69) is 33.8 Å². The van der Waals surface area contributed by atoms with Crippen molar-refractivity contribution in [3.8, 4) is 6.07 Å². The Bertz CT molecular complexity index is 888. The average molecular weight is 390 g/mol. The van der Waals surface area contributed by atoms with Crippen molar-refractivity contribution in [2.75, 3.05) is 26.7 Å². The van der Waals surface area contributed by atoms with Crippen LogP contribution in [0.4, 0.5) is 0 Å². The van der Waals surface area contributed by atoms with E-state index in [0.29, 0.717) is 31.0 Å². The maximum Gasteiger partial charge on any atom is 0.223 e. The number of likely N-dealkylation sites (tertiary alicyclic amines) is 1. The van der Waals surface area contributed by atoms with Gasteiger partial charge in [0.25, 0.3) is 0 Å². The van der Waals surface area contributed by atoms with Crippen LogP contribution < -0.4 is 10.6 Å². The fourth-order valence-electron chi connectivity index (χ4n) is 3.51. The second-order valence-corrected chi connectivity index (χ2v) is 7.26. The molecule has 6 heteroatoms. The van der Waals surface area contributed by atoms with Crippen LogP contribution in [-0.2, 0) is 17.8 Å². The van der Waals surface area contributed by atoms with Gasteiger partial charge >= 0.3 is 0 Å². The van der Waals surface area contributed by atoms with Crippen molar-refractivity contribution < 1.29 is 4.79 Å². The molecule has 1 atom stereocenters. The van der Waals surface area contributed by atoms with E-state index in [1.165, 1.54) is 5.56 Å². The zero-order valence-corrected chi connectivity index (χ0v) is 16.8. The minimum Gasteiger partial charge on any atom is -0.356 e. The van der Waals surface area contributed by atoms with Gasteiger partial charge in [-0.2, -0.15) is 5.26 Å². The number of nitrogens with one attached hydrogen (secondary N) is 2. The summed E-state index contributed by atoms with van der Waals surface area (Å²) in [6.07, 6.45) is 1.46. The molecule has 0 aliphatic carbocycles. The topological polar surface area (TPSA) is 80.5 Å². The number of aliphatic imine (C=N–C) groups is 1. The Morgan fingerprint density at radius 1 is 1.17 bits per heavy atom. The quantitative estimate of drug-likeness (QED) is 0.563. The first-order valence-corrected chi connectivity index (χ1v) is 9.93. The molecule has 0 saturated carbocycles. The highest BCUT2D eigenvalue weighted by molar-refractivity contribution is 5.80. The Morgan fingerprint density at radius 2 is 1.97 bits per heavy atom. The number of rotatable bonds is 7. The molecule has 2 N–H and O–H groups in total. The van der Waals surface area contributed by atoms with Crippen molar-refractivity contribution in [3.05, 3.63) is 71.3 Å². The second-order valence-electron chi connectivity index (χ2n) is 7.26. The number of benzene rings is 2. The monoisotopic (exact) mass is 389 g/mol. The molecule has 1 unspecified atom stereocenters. The van der Waals surface area contributed by atoms with Crippen molar-refractivity contribution in [1.82, 2.24) is 15.5 Å². The molecule has 1 saturated heterocycles. The van der Waals surface area contributed by atoms with Crippen LogP contribution in [0.15, 0.2) is 59.6 Å². The van der Waals surface area contributed by atoms with E-state index >= 15 is 0 Å². The van der Waals surface area contributed by atoms with Crippen LogP contribution in [0.5, 0.6) is 0 Å². The molecular formula is C23H27N5O. The lowest BCUT2D eigenvalue weighted by Gasteiger charge is -2.18. The first kappa shape index (κ1) is 20.4. The first-order valence-electron chi connectivity index (χ1n) is 9.93. The third-order valence-electron chi connectivity index (χ3n) is 5.11. The van der Waals surface area contributed by atoms with Gasteiger partial charge in [-0.25, -0.2) is 0 Å². The lowest BCUT2D eigenvalue weighted by Crippen LogP contribution is -2.40. The Morgan fingerprint density at radius 3 is 2.72 bits per heavy atom. The van der Waals surface area contributed by atoms with Gasteiger partial charge in [0, 0.05) is 45.6 Å². The van der Waals surface area contributed by atoms with Crippen molar-refractivity contribution in [2.24, 2.45) is 10.9 Å². The summed E-state index contributed by atoms with van der Waals surface area (Å²) in [5.41, 5.74) is 2.93. The molecule has 2 aromatic rings. The molecule has 6 nitrogen and oxygen atoms in total. The van der Waals surface area contributed by atoms with Gasteiger partial charge in [-0.05, 0) is 29.7 Å². The molecule has 1 fully saturated rings. The third kappa shape index (κ3) is 6.08. The maximum atomic E-state index is 12.3. The molecular weight excluding hydrogens is 362 g/mol. The number of carbonyl (C=O) groups excluding carboxylic acids is 1. The Kier molecular flexibility index (Phi) is 7.23. The van der Waals surface area contributed by atoms with Crippen molar-refractivity contribution in [3.63, 3.8) is 0 Å². The number of nitriles is 1. The van der Waals surface area contributed by atoms with Crippen LogP contribution in [0, 0.1) is 17.2 Å². The second kappa shape index (κ2) is 10.3. The molecule has 0 spiro atoms. The van der Waals surface area contributed by atoms with Crippen LogP contribution in [0.1, 0.15) is 23.1 Å². The van der Waals surface area contributed by atoms with Crippen molar-refractivity contribution in [2.45, 2.75) is 19.4 Å². The van der Waals surface area contributed by atoms with E-state index in [0.717, 1.165) is 25.1 Å². The summed E-state index contributed by atoms with van der Waals surface area (Å²) in [5, 5.41) is 15.6. The van der Waals surface area contributed by atoms with Gasteiger partial charge in [0.2, 0.25) is 5.91 Å². The molecule has 1 aliphatic heterocycles. The smallest absolute Gasteiger partial charge is 0.223 e. The van der Waals surface area contributed by atoms with Gasteiger partial charge < -0.3 is 15.5 Å². The minimum atomic E-state index is 0.226. The number of hydrogen-bond donors (Lipinski definition) is 2. The van der Waals surface area contributed by atoms with Gasteiger partial charge in [0.1, 0.15) is 0 Å². The van der Waals surface area contributed by atoms with E-state index in [-0.39, 0.29) is 11.8 Å². The van der Waals surface area contributed by atoms with Crippen LogP contribution >= 0.6 is 0 Å². The van der Waals surface area contributed by atoms with Crippen LogP contribution in [0.3, 0.4) is 0 Å². The number of amides is 1. The lowest BCUT2D eigenvalue weighted by atomic mass is 10.1. The van der Waals surface area contributed by atoms with Crippen molar-refractivity contribution in [1.29, 1.82) is 5.26 Å². The fourth-order valence-corrected chi connectivity index (χ4v) is 3.51. The standard InChI is InChI=1S/C23H27N5O/c1-25-23(26-15-20-9-5-8-19(12-20)14-24)27-16-21-13-22(29)28(17-21)11-10-18-6-3-2-4-7-18/h2-9,12,21H,10-11,13,15-17H2,1H3,(H2,25,26,27). The number of guanidine groups is 1. The van der Waals surface area contributed by atoms with E-state index in [1.807, 2.05) is 41.3 Å². The van der Waals surface area contributed by atoms with E-state index in [1.54, 1.807) is 13.1 Å². The number of hydrogen-bond acceptors (Lipinski definition) is 3.